The van der Waals surface area contributed by atoms with Gasteiger partial charge < -0.3 is 5.32 Å². The molecule has 0 bridgehead atoms. The number of rotatable bonds is 2. The third kappa shape index (κ3) is 2.69. The van der Waals surface area contributed by atoms with Crippen LogP contribution >= 0.6 is 0 Å². The summed E-state index contributed by atoms with van der Waals surface area (Å²) in [4.78, 5) is 4.13. The van der Waals surface area contributed by atoms with E-state index in [1.54, 1.807) is 6.20 Å². The molecule has 1 heterocycles. The molecule has 0 saturated carbocycles. The Morgan fingerprint density at radius 1 is 1.12 bits per heavy atom. The normalized spacial score (nSPS) is 10.0. The molecule has 1 aromatic heterocycles. The smallest absolute Gasteiger partial charge is 0.148 e. The Morgan fingerprint density at radius 3 is 2.59 bits per heavy atom. The fourth-order valence-electron chi connectivity index (χ4n) is 1.54. The molecular formula is C14H15N3. The second-order valence-electron chi connectivity index (χ2n) is 4.01. The van der Waals surface area contributed by atoms with Crippen LogP contribution < -0.4 is 5.32 Å². The van der Waals surface area contributed by atoms with Crippen LogP contribution in [0.4, 0.5) is 5.69 Å². The summed E-state index contributed by atoms with van der Waals surface area (Å²) >= 11 is 0. The Morgan fingerprint density at radius 2 is 1.94 bits per heavy atom. The van der Waals surface area contributed by atoms with Gasteiger partial charge in [-0.25, -0.2) is 0 Å². The molecule has 0 aliphatic carbocycles. The number of hydrogen-bond donors (Lipinski definition) is 2. The standard InChI is InChI=1S/C14H15N3/c1-10-6-7-12(9-11(10)2)17-14(15)13-5-3-4-8-16-13/h3-9H,1-2H3,(H2,15,17). The lowest BCUT2D eigenvalue weighted by molar-refractivity contribution is 1.26. The first-order valence-corrected chi connectivity index (χ1v) is 5.51. The summed E-state index contributed by atoms with van der Waals surface area (Å²) in [5.41, 5.74) is 4.03. The molecule has 0 radical (unpaired) electrons. The van der Waals surface area contributed by atoms with E-state index < -0.39 is 0 Å². The maximum absolute atomic E-state index is 7.92. The highest BCUT2D eigenvalue weighted by Gasteiger charge is 2.03. The van der Waals surface area contributed by atoms with Crippen LogP contribution in [0.3, 0.4) is 0 Å². The monoisotopic (exact) mass is 225 g/mol. The van der Waals surface area contributed by atoms with Crippen molar-refractivity contribution in [3.63, 3.8) is 0 Å². The number of hydrogen-bond acceptors (Lipinski definition) is 2. The van der Waals surface area contributed by atoms with E-state index in [0.29, 0.717) is 11.5 Å². The van der Waals surface area contributed by atoms with Crippen LogP contribution in [0.2, 0.25) is 0 Å². The lowest BCUT2D eigenvalue weighted by Gasteiger charge is -2.09. The third-order valence-electron chi connectivity index (χ3n) is 2.70. The van der Waals surface area contributed by atoms with Crippen molar-refractivity contribution in [1.29, 1.82) is 5.41 Å². The van der Waals surface area contributed by atoms with Gasteiger partial charge in [0, 0.05) is 11.9 Å². The summed E-state index contributed by atoms with van der Waals surface area (Å²) in [5, 5.41) is 11.0. The Bertz CT molecular complexity index is 532. The van der Waals surface area contributed by atoms with Crippen molar-refractivity contribution in [3.8, 4) is 0 Å². The Labute approximate surface area is 101 Å². The molecular weight excluding hydrogens is 210 g/mol. The second-order valence-corrected chi connectivity index (χ2v) is 4.01. The van der Waals surface area contributed by atoms with Gasteiger partial charge in [-0.2, -0.15) is 0 Å². The van der Waals surface area contributed by atoms with Crippen molar-refractivity contribution >= 4 is 11.5 Å². The number of nitrogens with zero attached hydrogens (tertiary/aromatic N) is 1. The molecule has 0 spiro atoms. The zero-order valence-electron chi connectivity index (χ0n) is 9.99. The maximum atomic E-state index is 7.92. The molecule has 0 aliphatic heterocycles. The van der Waals surface area contributed by atoms with Gasteiger partial charge >= 0.3 is 0 Å². The number of anilines is 1. The Kier molecular flexibility index (Phi) is 3.19. The topological polar surface area (TPSA) is 48.8 Å². The number of nitrogens with one attached hydrogen (secondary N) is 2. The number of benzene rings is 1. The second kappa shape index (κ2) is 4.78. The summed E-state index contributed by atoms with van der Waals surface area (Å²) in [6.45, 7) is 4.13. The molecule has 0 unspecified atom stereocenters. The fourth-order valence-corrected chi connectivity index (χ4v) is 1.54. The van der Waals surface area contributed by atoms with E-state index in [1.807, 2.05) is 36.4 Å². The molecule has 1 aromatic carbocycles. The van der Waals surface area contributed by atoms with Gasteiger partial charge in [-0.1, -0.05) is 12.1 Å². The molecule has 0 atom stereocenters. The molecule has 2 N–H and O–H groups in total. The predicted octanol–water partition coefficient (Wildman–Crippen LogP) is 3.14. The van der Waals surface area contributed by atoms with Crippen LogP contribution in [-0.2, 0) is 0 Å². The molecule has 0 fully saturated rings. The quantitative estimate of drug-likeness (QED) is 0.609. The lowest BCUT2D eigenvalue weighted by Crippen LogP contribution is -2.13. The molecule has 3 heteroatoms. The van der Waals surface area contributed by atoms with E-state index in [1.165, 1.54) is 11.1 Å². The number of aryl methyl sites for hydroxylation is 2. The zero-order chi connectivity index (χ0) is 12.3. The van der Waals surface area contributed by atoms with E-state index in [-0.39, 0.29) is 0 Å². The minimum atomic E-state index is 0.314. The minimum Gasteiger partial charge on any atom is -0.339 e. The summed E-state index contributed by atoms with van der Waals surface area (Å²) in [7, 11) is 0. The maximum Gasteiger partial charge on any atom is 0.148 e. The molecule has 0 amide bonds. The zero-order valence-corrected chi connectivity index (χ0v) is 9.99. The highest BCUT2D eigenvalue weighted by atomic mass is 15.0. The van der Waals surface area contributed by atoms with E-state index in [0.717, 1.165) is 5.69 Å². The van der Waals surface area contributed by atoms with Crippen molar-refractivity contribution in [1.82, 2.24) is 4.98 Å². The molecule has 0 aliphatic rings. The van der Waals surface area contributed by atoms with E-state index in [4.69, 9.17) is 5.41 Å². The van der Waals surface area contributed by atoms with Gasteiger partial charge in [0.25, 0.3) is 0 Å². The predicted molar refractivity (Wildman–Crippen MR) is 70.6 cm³/mol. The molecule has 2 rings (SSSR count). The summed E-state index contributed by atoms with van der Waals surface area (Å²) < 4.78 is 0. The molecule has 86 valence electrons. The van der Waals surface area contributed by atoms with Gasteiger partial charge in [-0.05, 0) is 49.2 Å². The summed E-state index contributed by atoms with van der Waals surface area (Å²) in [5.74, 6) is 0.314. The fraction of sp³-hybridized carbons (Fsp3) is 0.143. The lowest BCUT2D eigenvalue weighted by atomic mass is 10.1. The highest BCUT2D eigenvalue weighted by Crippen LogP contribution is 2.14. The SMILES string of the molecule is Cc1ccc(NC(=N)c2ccccn2)cc1C. The van der Waals surface area contributed by atoms with Crippen LogP contribution in [0.5, 0.6) is 0 Å². The first-order valence-electron chi connectivity index (χ1n) is 5.51. The van der Waals surface area contributed by atoms with Crippen LogP contribution in [-0.4, -0.2) is 10.8 Å². The molecule has 0 saturated heterocycles. The van der Waals surface area contributed by atoms with Crippen LogP contribution in [0, 0.1) is 19.3 Å². The number of pyridine rings is 1. The van der Waals surface area contributed by atoms with Crippen molar-refractivity contribution < 1.29 is 0 Å². The van der Waals surface area contributed by atoms with Gasteiger partial charge in [-0.3, -0.25) is 10.4 Å². The van der Waals surface area contributed by atoms with Gasteiger partial charge in [0.15, 0.2) is 0 Å². The average Bonchev–Trinajstić information content (AvgIpc) is 2.35. The van der Waals surface area contributed by atoms with E-state index in [2.05, 4.69) is 24.1 Å². The van der Waals surface area contributed by atoms with Gasteiger partial charge in [0.1, 0.15) is 11.5 Å². The van der Waals surface area contributed by atoms with Crippen molar-refractivity contribution in [3.05, 3.63) is 59.4 Å². The molecule has 3 nitrogen and oxygen atoms in total. The summed E-state index contributed by atoms with van der Waals surface area (Å²) in [6, 6.07) is 11.6. The summed E-state index contributed by atoms with van der Waals surface area (Å²) in [6.07, 6.45) is 1.69. The van der Waals surface area contributed by atoms with Crippen LogP contribution in [0.15, 0.2) is 42.6 Å². The van der Waals surface area contributed by atoms with Gasteiger partial charge in [0.05, 0.1) is 0 Å². The number of aromatic nitrogens is 1. The van der Waals surface area contributed by atoms with Crippen molar-refractivity contribution in [2.75, 3.05) is 5.32 Å². The molecule has 2 aromatic rings. The average molecular weight is 225 g/mol. The van der Waals surface area contributed by atoms with E-state index >= 15 is 0 Å². The first-order chi connectivity index (χ1) is 8.16. The van der Waals surface area contributed by atoms with Crippen LogP contribution in [0.1, 0.15) is 16.8 Å². The Hall–Kier alpha value is -2.16. The first kappa shape index (κ1) is 11.3. The van der Waals surface area contributed by atoms with Crippen molar-refractivity contribution in [2.45, 2.75) is 13.8 Å². The van der Waals surface area contributed by atoms with E-state index in [9.17, 15) is 0 Å². The van der Waals surface area contributed by atoms with Crippen molar-refractivity contribution in [2.24, 2.45) is 0 Å². The van der Waals surface area contributed by atoms with Gasteiger partial charge in [-0.15, -0.1) is 0 Å². The molecule has 17 heavy (non-hydrogen) atoms. The third-order valence-corrected chi connectivity index (χ3v) is 2.70. The number of amidine groups is 1. The highest BCUT2D eigenvalue weighted by molar-refractivity contribution is 6.04. The Balaban J connectivity index is 2.16. The van der Waals surface area contributed by atoms with Gasteiger partial charge in [0.2, 0.25) is 0 Å². The minimum absolute atomic E-state index is 0.314. The largest absolute Gasteiger partial charge is 0.339 e. The van der Waals surface area contributed by atoms with Crippen LogP contribution in [0.25, 0.3) is 0 Å².